The van der Waals surface area contributed by atoms with Crippen LogP contribution in [0.25, 0.3) is 32.7 Å². The van der Waals surface area contributed by atoms with Crippen LogP contribution in [-0.2, 0) is 0 Å². The Morgan fingerprint density at radius 3 is 2.55 bits per heavy atom. The molecule has 0 aliphatic heterocycles. The summed E-state index contributed by atoms with van der Waals surface area (Å²) in [4.78, 5) is 12.7. The van der Waals surface area contributed by atoms with Crippen molar-refractivity contribution in [1.29, 1.82) is 0 Å². The van der Waals surface area contributed by atoms with Gasteiger partial charge in [-0.1, -0.05) is 18.2 Å². The van der Waals surface area contributed by atoms with Gasteiger partial charge in [0.2, 0.25) is 5.43 Å². The van der Waals surface area contributed by atoms with Crippen molar-refractivity contribution in [2.45, 2.75) is 6.92 Å². The zero-order valence-corrected chi connectivity index (χ0v) is 12.3. The molecule has 1 aromatic heterocycles. The minimum absolute atomic E-state index is 0.0101. The Kier molecular flexibility index (Phi) is 2.70. The van der Waals surface area contributed by atoms with E-state index >= 15 is 0 Å². The molecule has 0 fully saturated rings. The van der Waals surface area contributed by atoms with Crippen molar-refractivity contribution in [2.24, 2.45) is 0 Å². The maximum absolute atomic E-state index is 12.7. The van der Waals surface area contributed by atoms with Crippen LogP contribution in [0.5, 0.6) is 5.75 Å². The molecular formula is C19H14O3. The number of hydrogen-bond donors (Lipinski definition) is 0. The molecule has 0 atom stereocenters. The topological polar surface area (TPSA) is 39.4 Å². The van der Waals surface area contributed by atoms with E-state index in [-0.39, 0.29) is 5.43 Å². The zero-order valence-electron chi connectivity index (χ0n) is 12.3. The van der Waals surface area contributed by atoms with Gasteiger partial charge >= 0.3 is 0 Å². The molecule has 0 amide bonds. The van der Waals surface area contributed by atoms with Gasteiger partial charge in [0.25, 0.3) is 0 Å². The normalized spacial score (nSPS) is 11.4. The predicted molar refractivity (Wildman–Crippen MR) is 88.8 cm³/mol. The van der Waals surface area contributed by atoms with Crippen LogP contribution in [0.4, 0.5) is 0 Å². The maximum Gasteiger partial charge on any atom is 0.200 e. The molecule has 1 heterocycles. The van der Waals surface area contributed by atoms with Crippen LogP contribution >= 0.6 is 0 Å². The van der Waals surface area contributed by atoms with Gasteiger partial charge in [-0.3, -0.25) is 4.79 Å². The highest BCUT2D eigenvalue weighted by Crippen LogP contribution is 2.27. The first-order chi connectivity index (χ1) is 10.7. The van der Waals surface area contributed by atoms with Gasteiger partial charge in [0, 0.05) is 6.07 Å². The Bertz CT molecular complexity index is 1090. The lowest BCUT2D eigenvalue weighted by Crippen LogP contribution is -2.02. The lowest BCUT2D eigenvalue weighted by Gasteiger charge is -2.06. The van der Waals surface area contributed by atoms with Gasteiger partial charge in [-0.05, 0) is 47.5 Å². The third kappa shape index (κ3) is 1.79. The highest BCUT2D eigenvalue weighted by molar-refractivity contribution is 6.00. The van der Waals surface area contributed by atoms with Crippen molar-refractivity contribution >= 4 is 32.7 Å². The molecular weight excluding hydrogens is 276 g/mol. The molecule has 0 saturated heterocycles. The van der Waals surface area contributed by atoms with Gasteiger partial charge in [-0.15, -0.1) is 0 Å². The van der Waals surface area contributed by atoms with Crippen LogP contribution in [0, 0.1) is 6.92 Å². The number of rotatable bonds is 1. The summed E-state index contributed by atoms with van der Waals surface area (Å²) in [5.74, 6) is 0.673. The van der Waals surface area contributed by atoms with Crippen molar-refractivity contribution in [3.8, 4) is 5.75 Å². The molecule has 4 rings (SSSR count). The quantitative estimate of drug-likeness (QED) is 0.487. The lowest BCUT2D eigenvalue weighted by atomic mass is 10.0. The van der Waals surface area contributed by atoms with Crippen molar-refractivity contribution < 1.29 is 9.15 Å². The minimum atomic E-state index is -0.0101. The number of ether oxygens (including phenoxy) is 1. The van der Waals surface area contributed by atoms with E-state index in [1.807, 2.05) is 37.3 Å². The molecule has 0 radical (unpaired) electrons. The second kappa shape index (κ2) is 4.60. The van der Waals surface area contributed by atoms with Crippen molar-refractivity contribution in [3.63, 3.8) is 0 Å². The van der Waals surface area contributed by atoms with E-state index in [4.69, 9.17) is 9.15 Å². The molecule has 3 aromatic carbocycles. The summed E-state index contributed by atoms with van der Waals surface area (Å²) in [7, 11) is 1.59. The summed E-state index contributed by atoms with van der Waals surface area (Å²) in [6, 6.07) is 15.2. The number of methoxy groups -OCH3 is 1. The van der Waals surface area contributed by atoms with E-state index in [9.17, 15) is 4.79 Å². The standard InChI is InChI=1S/C19H14O3/c1-11-4-3-5-12-8-17-16(10-15(11)12)19(20)14-7-6-13(21-2)9-18(14)22-17/h3-10H,1-2H3. The smallest absolute Gasteiger partial charge is 0.200 e. The first-order valence-corrected chi connectivity index (χ1v) is 7.11. The molecule has 0 unspecified atom stereocenters. The van der Waals surface area contributed by atoms with Crippen LogP contribution in [0.15, 0.2) is 57.7 Å². The van der Waals surface area contributed by atoms with Crippen LogP contribution in [-0.4, -0.2) is 7.11 Å². The molecule has 0 bridgehead atoms. The summed E-state index contributed by atoms with van der Waals surface area (Å²) in [6.45, 7) is 2.04. The maximum atomic E-state index is 12.7. The molecule has 0 saturated carbocycles. The zero-order chi connectivity index (χ0) is 15.3. The third-order valence-electron chi connectivity index (χ3n) is 4.10. The van der Waals surface area contributed by atoms with Gasteiger partial charge in [0.1, 0.15) is 16.9 Å². The van der Waals surface area contributed by atoms with Gasteiger partial charge in [-0.2, -0.15) is 0 Å². The highest BCUT2D eigenvalue weighted by Gasteiger charge is 2.10. The van der Waals surface area contributed by atoms with Crippen LogP contribution in [0.1, 0.15) is 5.56 Å². The summed E-state index contributed by atoms with van der Waals surface area (Å²) in [5.41, 5.74) is 2.28. The number of fused-ring (bicyclic) bond motifs is 3. The molecule has 0 spiro atoms. The molecule has 3 heteroatoms. The monoisotopic (exact) mass is 290 g/mol. The van der Waals surface area contributed by atoms with Crippen LogP contribution in [0.3, 0.4) is 0 Å². The second-order valence-corrected chi connectivity index (χ2v) is 5.44. The summed E-state index contributed by atoms with van der Waals surface area (Å²) in [5, 5.41) is 3.33. The Morgan fingerprint density at radius 1 is 0.909 bits per heavy atom. The fourth-order valence-electron chi connectivity index (χ4n) is 2.89. The summed E-state index contributed by atoms with van der Waals surface area (Å²) < 4.78 is 11.1. The van der Waals surface area contributed by atoms with E-state index in [0.29, 0.717) is 27.7 Å². The Labute approximate surface area is 126 Å². The average molecular weight is 290 g/mol. The Balaban J connectivity index is 2.19. The van der Waals surface area contributed by atoms with Gasteiger partial charge in [0.15, 0.2) is 0 Å². The fraction of sp³-hybridized carbons (Fsp3) is 0.105. The van der Waals surface area contributed by atoms with E-state index < -0.39 is 0 Å². The SMILES string of the molecule is COc1ccc2c(=O)c3cc4c(C)cccc4cc3oc2c1. The van der Waals surface area contributed by atoms with E-state index in [0.717, 1.165) is 16.3 Å². The summed E-state index contributed by atoms with van der Waals surface area (Å²) in [6.07, 6.45) is 0. The molecule has 3 nitrogen and oxygen atoms in total. The van der Waals surface area contributed by atoms with Gasteiger partial charge < -0.3 is 9.15 Å². The van der Waals surface area contributed by atoms with Crippen molar-refractivity contribution in [3.05, 3.63) is 64.3 Å². The molecule has 22 heavy (non-hydrogen) atoms. The Hall–Kier alpha value is -2.81. The van der Waals surface area contributed by atoms with Crippen molar-refractivity contribution in [2.75, 3.05) is 7.11 Å². The molecule has 4 aromatic rings. The molecule has 108 valence electrons. The second-order valence-electron chi connectivity index (χ2n) is 5.44. The number of hydrogen-bond acceptors (Lipinski definition) is 3. The largest absolute Gasteiger partial charge is 0.497 e. The molecule has 0 N–H and O–H groups in total. The molecule has 0 aliphatic carbocycles. The van der Waals surface area contributed by atoms with Gasteiger partial charge in [-0.25, -0.2) is 0 Å². The number of aryl methyl sites for hydroxylation is 1. The van der Waals surface area contributed by atoms with Crippen LogP contribution in [0.2, 0.25) is 0 Å². The number of benzene rings is 3. The third-order valence-corrected chi connectivity index (χ3v) is 4.10. The first kappa shape index (κ1) is 12.9. The van der Waals surface area contributed by atoms with Gasteiger partial charge in [0.05, 0.1) is 17.9 Å². The molecule has 0 aliphatic rings. The fourth-order valence-corrected chi connectivity index (χ4v) is 2.89. The highest BCUT2D eigenvalue weighted by atomic mass is 16.5. The van der Waals surface area contributed by atoms with E-state index in [2.05, 4.69) is 0 Å². The van der Waals surface area contributed by atoms with E-state index in [1.165, 1.54) is 0 Å². The van der Waals surface area contributed by atoms with Crippen molar-refractivity contribution in [1.82, 2.24) is 0 Å². The van der Waals surface area contributed by atoms with Crippen LogP contribution < -0.4 is 10.2 Å². The summed E-state index contributed by atoms with van der Waals surface area (Å²) >= 11 is 0. The first-order valence-electron chi connectivity index (χ1n) is 7.11. The Morgan fingerprint density at radius 2 is 1.73 bits per heavy atom. The lowest BCUT2D eigenvalue weighted by molar-refractivity contribution is 0.414. The van der Waals surface area contributed by atoms with E-state index in [1.54, 1.807) is 25.3 Å². The predicted octanol–water partition coefficient (Wildman–Crippen LogP) is 4.42. The minimum Gasteiger partial charge on any atom is -0.497 e. The average Bonchev–Trinajstić information content (AvgIpc) is 2.53.